The smallest absolute Gasteiger partial charge is 0.329 e. The Morgan fingerprint density at radius 1 is 1.07 bits per heavy atom. The molecule has 0 aliphatic rings. The van der Waals surface area contributed by atoms with Gasteiger partial charge in [0.05, 0.1) is 18.6 Å². The Labute approximate surface area is 241 Å². The maximum absolute atomic E-state index is 13.4. The van der Waals surface area contributed by atoms with Gasteiger partial charge in [0.15, 0.2) is 0 Å². The van der Waals surface area contributed by atoms with Crippen LogP contribution >= 0.6 is 0 Å². The first-order valence-electron chi connectivity index (χ1n) is 13.8. The molecule has 224 valence electrons. The van der Waals surface area contributed by atoms with Crippen LogP contribution in [0, 0.1) is 5.92 Å². The zero-order valence-electron chi connectivity index (χ0n) is 24.5. The lowest BCUT2D eigenvalue weighted by atomic mass is 9.95. The number of aromatic amines is 1. The fourth-order valence-corrected chi connectivity index (χ4v) is 4.24. The summed E-state index contributed by atoms with van der Waals surface area (Å²) < 4.78 is 5.45. The van der Waals surface area contributed by atoms with Crippen LogP contribution in [0.3, 0.4) is 0 Å². The van der Waals surface area contributed by atoms with E-state index in [0.717, 1.165) is 28.7 Å². The van der Waals surface area contributed by atoms with Gasteiger partial charge in [-0.05, 0) is 48.1 Å². The summed E-state index contributed by atoms with van der Waals surface area (Å²) in [4.78, 5) is 32.6. The third-order valence-electron chi connectivity index (χ3n) is 6.25. The van der Waals surface area contributed by atoms with Crippen LogP contribution < -0.4 is 0 Å². The predicted octanol–water partition coefficient (Wildman–Crippen LogP) is 4.75. The van der Waals surface area contributed by atoms with Crippen LogP contribution in [0.4, 0.5) is 0 Å². The summed E-state index contributed by atoms with van der Waals surface area (Å²) in [5.41, 5.74) is 3.52. The van der Waals surface area contributed by atoms with Gasteiger partial charge >= 0.3 is 5.97 Å². The minimum Gasteiger partial charge on any atom is -0.464 e. The fraction of sp³-hybridized carbons (Fsp3) is 0.483. The van der Waals surface area contributed by atoms with E-state index in [9.17, 15) is 9.59 Å². The van der Waals surface area contributed by atoms with E-state index in [1.165, 1.54) is 0 Å². The normalized spacial score (nSPS) is 13.3. The van der Waals surface area contributed by atoms with Gasteiger partial charge in [0.1, 0.15) is 6.04 Å². The Morgan fingerprint density at radius 2 is 1.80 bits per heavy atom. The average Bonchev–Trinajstić information content (AvgIpc) is 3.48. The van der Waals surface area contributed by atoms with Crippen molar-refractivity contribution in [2.24, 2.45) is 5.92 Å². The monoisotopic (exact) mass is 570 g/mol. The highest BCUT2D eigenvalue weighted by atomic mass is 17.1. The van der Waals surface area contributed by atoms with Crippen molar-refractivity contribution in [1.82, 2.24) is 30.9 Å². The lowest BCUT2D eigenvalue weighted by Crippen LogP contribution is -2.48. The number of aromatic nitrogens is 4. The third-order valence-corrected chi connectivity index (χ3v) is 6.25. The van der Waals surface area contributed by atoms with Crippen molar-refractivity contribution in [3.63, 3.8) is 0 Å². The predicted molar refractivity (Wildman–Crippen MR) is 153 cm³/mol. The number of carbonyl (C=O) groups is 2. The van der Waals surface area contributed by atoms with Crippen molar-refractivity contribution >= 4 is 23.0 Å². The molecule has 1 amide bonds. The lowest BCUT2D eigenvalue weighted by Gasteiger charge is -2.33. The summed E-state index contributed by atoms with van der Waals surface area (Å²) in [6.07, 6.45) is 9.93. The molecular formula is C29H42N6O6. The minimum atomic E-state index is -0.787. The molecule has 0 bridgehead atoms. The number of ether oxygens (including phenoxy) is 1. The summed E-state index contributed by atoms with van der Waals surface area (Å²) >= 11 is 0. The minimum absolute atomic E-state index is 0.0105. The van der Waals surface area contributed by atoms with Gasteiger partial charge in [-0.25, -0.2) is 4.79 Å². The molecule has 12 nitrogen and oxygen atoms in total. The molecule has 3 N–H and O–H groups in total. The summed E-state index contributed by atoms with van der Waals surface area (Å²) in [6, 6.07) is 7.04. The average molecular weight is 571 g/mol. The van der Waals surface area contributed by atoms with Crippen LogP contribution in [-0.2, 0) is 25.7 Å². The van der Waals surface area contributed by atoms with E-state index in [1.807, 2.05) is 83.2 Å². The van der Waals surface area contributed by atoms with E-state index in [-0.39, 0.29) is 43.4 Å². The molecule has 2 aromatic rings. The molecule has 0 spiro atoms. The highest BCUT2D eigenvalue weighted by Crippen LogP contribution is 2.30. The largest absolute Gasteiger partial charge is 0.464 e. The van der Waals surface area contributed by atoms with Crippen LogP contribution in [0.1, 0.15) is 77.3 Å². The Kier molecular flexibility index (Phi) is 14.6. The van der Waals surface area contributed by atoms with Gasteiger partial charge in [0.25, 0.3) is 0 Å². The number of esters is 1. The zero-order chi connectivity index (χ0) is 30.2. The van der Waals surface area contributed by atoms with Gasteiger partial charge in [-0.2, -0.15) is 5.21 Å². The molecule has 0 saturated carbocycles. The molecule has 0 aliphatic heterocycles. The second kappa shape index (κ2) is 17.9. The van der Waals surface area contributed by atoms with Crippen molar-refractivity contribution < 1.29 is 29.6 Å². The van der Waals surface area contributed by atoms with Gasteiger partial charge in [-0.3, -0.25) is 20.0 Å². The van der Waals surface area contributed by atoms with Gasteiger partial charge in [-0.15, -0.1) is 10.2 Å². The van der Waals surface area contributed by atoms with E-state index >= 15 is 0 Å². The topological polar surface area (TPSA) is 154 Å². The number of amides is 1. The number of hydrogen-bond donors (Lipinski definition) is 3. The number of H-pyrrole nitrogens is 1. The second-order valence-electron chi connectivity index (χ2n) is 9.66. The van der Waals surface area contributed by atoms with Crippen LogP contribution in [0.25, 0.3) is 11.1 Å². The first-order chi connectivity index (χ1) is 19.7. The van der Waals surface area contributed by atoms with E-state index in [0.29, 0.717) is 18.7 Å². The molecule has 0 unspecified atom stereocenters. The third kappa shape index (κ3) is 10.7. The van der Waals surface area contributed by atoms with Crippen molar-refractivity contribution in [1.29, 1.82) is 0 Å². The summed E-state index contributed by atoms with van der Waals surface area (Å²) in [6.45, 7) is 9.82. The van der Waals surface area contributed by atoms with Crippen molar-refractivity contribution in [2.75, 3.05) is 13.2 Å². The standard InChI is InChI=1S/C29H42N6O6/c1-6-9-12-25(24(8-3)28-30-32-33-31-28)23-16-14-22(15-17-23)20-34(26(36)13-10-7-2)27(21(4)5)29(37)40-18-11-19-41-35(38)39/h6,8-9,12,14-17,21,27,38-39H,7,10-11,13,18-20H2,1-5H3,(H,30,31,32,33)/b9-6-,24-8+,25-12-/t27-/m0/s1. The Bertz CT molecular complexity index is 1160. The Hall–Kier alpha value is -3.71. The molecule has 1 aromatic heterocycles. The van der Waals surface area contributed by atoms with Gasteiger partial charge in [0, 0.05) is 25.0 Å². The van der Waals surface area contributed by atoms with Gasteiger partial charge in [0.2, 0.25) is 11.7 Å². The Morgan fingerprint density at radius 3 is 2.37 bits per heavy atom. The maximum Gasteiger partial charge on any atom is 0.329 e. The molecule has 0 radical (unpaired) electrons. The summed E-state index contributed by atoms with van der Waals surface area (Å²) in [7, 11) is 0. The highest BCUT2D eigenvalue weighted by Gasteiger charge is 2.33. The number of benzene rings is 1. The number of nitrogens with zero attached hydrogens (tertiary/aromatic N) is 5. The lowest BCUT2D eigenvalue weighted by molar-refractivity contribution is -0.492. The van der Waals surface area contributed by atoms with Crippen LogP contribution in [0.2, 0.25) is 0 Å². The molecule has 1 atom stereocenters. The number of hydrogen-bond acceptors (Lipinski definition) is 10. The molecule has 1 heterocycles. The second-order valence-corrected chi connectivity index (χ2v) is 9.66. The Balaban J connectivity index is 2.30. The fourth-order valence-electron chi connectivity index (χ4n) is 4.24. The van der Waals surface area contributed by atoms with E-state index < -0.39 is 12.0 Å². The molecule has 0 aliphatic carbocycles. The van der Waals surface area contributed by atoms with Crippen molar-refractivity contribution in [3.05, 3.63) is 65.5 Å². The molecule has 12 heteroatoms. The molecule has 0 saturated heterocycles. The van der Waals surface area contributed by atoms with E-state index in [1.54, 1.807) is 4.90 Å². The maximum atomic E-state index is 13.4. The number of rotatable bonds is 17. The highest BCUT2D eigenvalue weighted by molar-refractivity contribution is 6.03. The van der Waals surface area contributed by atoms with Crippen LogP contribution in [0.15, 0.2) is 48.6 Å². The molecular weight excluding hydrogens is 528 g/mol. The number of allylic oxidation sites excluding steroid dienone is 6. The van der Waals surface area contributed by atoms with E-state index in [2.05, 4.69) is 25.5 Å². The van der Waals surface area contributed by atoms with Gasteiger partial charge in [-0.1, -0.05) is 75.8 Å². The SMILES string of the molecule is C\C=C/C=C(\C(=C/C)c1nn[nH]n1)c1ccc(CN(C(=O)CCCC)[C@H](C(=O)OCCCON(O)O)C(C)C)cc1. The molecule has 41 heavy (non-hydrogen) atoms. The van der Waals surface area contributed by atoms with Crippen LogP contribution in [0.5, 0.6) is 0 Å². The van der Waals surface area contributed by atoms with Crippen molar-refractivity contribution in [3.8, 4) is 0 Å². The zero-order valence-corrected chi connectivity index (χ0v) is 24.5. The quantitative estimate of drug-likeness (QED) is 0.105. The van der Waals surface area contributed by atoms with Crippen LogP contribution in [-0.4, -0.2) is 72.5 Å². The number of carbonyl (C=O) groups excluding carboxylic acids is 2. The number of nitrogens with one attached hydrogen (secondary N) is 1. The van der Waals surface area contributed by atoms with E-state index in [4.69, 9.17) is 15.2 Å². The first kappa shape index (κ1) is 33.5. The summed E-state index contributed by atoms with van der Waals surface area (Å²) in [5.74, 6) is -0.347. The molecule has 1 aromatic carbocycles. The van der Waals surface area contributed by atoms with Gasteiger partial charge < -0.3 is 9.64 Å². The summed E-state index contributed by atoms with van der Waals surface area (Å²) in [5, 5.41) is 31.3. The number of unbranched alkanes of at least 4 members (excludes halogenated alkanes) is 1. The van der Waals surface area contributed by atoms with Crippen molar-refractivity contribution in [2.45, 2.75) is 72.9 Å². The number of tetrazole rings is 1. The first-order valence-corrected chi connectivity index (χ1v) is 13.8. The molecule has 0 fully saturated rings. The molecule has 2 rings (SSSR count).